The lowest BCUT2D eigenvalue weighted by Crippen LogP contribution is -2.42. The van der Waals surface area contributed by atoms with Crippen molar-refractivity contribution in [3.63, 3.8) is 0 Å². The Morgan fingerprint density at radius 3 is 2.19 bits per heavy atom. The van der Waals surface area contributed by atoms with Gasteiger partial charge in [0.05, 0.1) is 22.7 Å². The molecule has 0 aliphatic carbocycles. The van der Waals surface area contributed by atoms with Gasteiger partial charge in [-0.25, -0.2) is 4.79 Å². The van der Waals surface area contributed by atoms with Crippen molar-refractivity contribution >= 4 is 40.8 Å². The minimum Gasteiger partial charge on any atom is -0.387 e. The summed E-state index contributed by atoms with van der Waals surface area (Å²) in [4.78, 5) is 26.0. The Bertz CT molecular complexity index is 901. The number of rotatable bonds is 8. The SMILES string of the molecule is CC(C)C(=O)NCc1ccc(NC(=O)N(CC(O)c2ccc(Cl)c(Cl)c2)C(C)C)cc1. The fraction of sp³-hybridized carbons (Fsp3) is 0.391. The van der Waals surface area contributed by atoms with E-state index in [0.29, 0.717) is 27.8 Å². The van der Waals surface area contributed by atoms with Crippen LogP contribution in [0.15, 0.2) is 42.5 Å². The van der Waals surface area contributed by atoms with Gasteiger partial charge < -0.3 is 20.6 Å². The molecule has 0 heterocycles. The van der Waals surface area contributed by atoms with Gasteiger partial charge in [0.1, 0.15) is 0 Å². The predicted molar refractivity (Wildman–Crippen MR) is 125 cm³/mol. The summed E-state index contributed by atoms with van der Waals surface area (Å²) in [5.41, 5.74) is 2.14. The minimum atomic E-state index is -0.908. The highest BCUT2D eigenvalue weighted by molar-refractivity contribution is 6.42. The predicted octanol–water partition coefficient (Wildman–Crippen LogP) is 5.24. The first kappa shape index (κ1) is 25.0. The molecule has 0 aromatic heterocycles. The highest BCUT2D eigenvalue weighted by Crippen LogP contribution is 2.26. The maximum atomic E-state index is 12.8. The largest absolute Gasteiger partial charge is 0.387 e. The van der Waals surface area contributed by atoms with E-state index in [4.69, 9.17) is 23.2 Å². The normalized spacial score (nSPS) is 12.0. The second-order valence-electron chi connectivity index (χ2n) is 7.94. The van der Waals surface area contributed by atoms with Crippen LogP contribution in [-0.4, -0.2) is 34.5 Å². The number of nitrogens with zero attached hydrogens (tertiary/aromatic N) is 1. The number of urea groups is 1. The summed E-state index contributed by atoms with van der Waals surface area (Å²) in [6, 6.07) is 11.7. The molecule has 1 atom stereocenters. The fourth-order valence-electron chi connectivity index (χ4n) is 2.83. The molecule has 0 aliphatic rings. The third-order valence-corrected chi connectivity index (χ3v) is 5.52. The van der Waals surface area contributed by atoms with Crippen LogP contribution in [0.5, 0.6) is 0 Å². The molecule has 0 aliphatic heterocycles. The molecule has 1 unspecified atom stereocenters. The number of carbonyl (C=O) groups is 2. The van der Waals surface area contributed by atoms with E-state index in [0.717, 1.165) is 5.56 Å². The van der Waals surface area contributed by atoms with Crippen LogP contribution in [-0.2, 0) is 11.3 Å². The van der Waals surface area contributed by atoms with Crippen molar-refractivity contribution in [1.82, 2.24) is 10.2 Å². The number of carbonyl (C=O) groups excluding carboxylic acids is 2. The third kappa shape index (κ3) is 7.42. The van der Waals surface area contributed by atoms with Crippen LogP contribution in [0.1, 0.15) is 44.9 Å². The van der Waals surface area contributed by atoms with E-state index in [9.17, 15) is 14.7 Å². The number of anilines is 1. The number of amides is 3. The fourth-order valence-corrected chi connectivity index (χ4v) is 3.14. The van der Waals surface area contributed by atoms with Gasteiger partial charge in [0.25, 0.3) is 0 Å². The molecule has 8 heteroatoms. The van der Waals surface area contributed by atoms with Crippen LogP contribution in [0.25, 0.3) is 0 Å². The summed E-state index contributed by atoms with van der Waals surface area (Å²) in [5, 5.41) is 17.1. The molecule has 2 aromatic carbocycles. The molecular weight excluding hydrogens is 437 g/mol. The summed E-state index contributed by atoms with van der Waals surface area (Å²) in [7, 11) is 0. The lowest BCUT2D eigenvalue weighted by atomic mass is 10.1. The lowest BCUT2D eigenvalue weighted by molar-refractivity contribution is -0.124. The van der Waals surface area contributed by atoms with Gasteiger partial charge >= 0.3 is 6.03 Å². The number of aliphatic hydroxyl groups is 1. The van der Waals surface area contributed by atoms with Crippen molar-refractivity contribution < 1.29 is 14.7 Å². The lowest BCUT2D eigenvalue weighted by Gasteiger charge is -2.29. The van der Waals surface area contributed by atoms with Gasteiger partial charge in [0, 0.05) is 24.2 Å². The van der Waals surface area contributed by atoms with Gasteiger partial charge in [0.15, 0.2) is 0 Å². The standard InChI is InChI=1S/C23H29Cl2N3O3/c1-14(2)22(30)26-12-16-5-8-18(9-6-16)27-23(31)28(15(3)4)13-21(29)17-7-10-19(24)20(25)11-17/h5-11,14-15,21,29H,12-13H2,1-4H3,(H,26,30)(H,27,31). The van der Waals surface area contributed by atoms with E-state index in [1.54, 1.807) is 35.2 Å². The number of nitrogens with one attached hydrogen (secondary N) is 2. The van der Waals surface area contributed by atoms with Crippen LogP contribution in [0.2, 0.25) is 10.0 Å². The van der Waals surface area contributed by atoms with Gasteiger partial charge in [-0.3, -0.25) is 4.79 Å². The molecule has 0 saturated carbocycles. The Morgan fingerprint density at radius 1 is 1.00 bits per heavy atom. The highest BCUT2D eigenvalue weighted by atomic mass is 35.5. The van der Waals surface area contributed by atoms with Crippen molar-refractivity contribution in [1.29, 1.82) is 0 Å². The molecule has 6 nitrogen and oxygen atoms in total. The van der Waals surface area contributed by atoms with Gasteiger partial charge in [0.2, 0.25) is 5.91 Å². The Kier molecular flexibility index (Phi) is 9.16. The monoisotopic (exact) mass is 465 g/mol. The van der Waals surface area contributed by atoms with Crippen molar-refractivity contribution in [3.05, 3.63) is 63.6 Å². The number of hydrogen-bond donors (Lipinski definition) is 3. The zero-order valence-electron chi connectivity index (χ0n) is 18.2. The molecule has 3 N–H and O–H groups in total. The van der Waals surface area contributed by atoms with Gasteiger partial charge in [-0.1, -0.05) is 55.2 Å². The average Bonchev–Trinajstić information content (AvgIpc) is 2.72. The molecule has 0 bridgehead atoms. The molecule has 2 aromatic rings. The Morgan fingerprint density at radius 2 is 1.65 bits per heavy atom. The second-order valence-corrected chi connectivity index (χ2v) is 8.75. The number of aliphatic hydroxyl groups excluding tert-OH is 1. The third-order valence-electron chi connectivity index (χ3n) is 4.78. The molecular formula is C23H29Cl2N3O3. The molecule has 0 saturated heterocycles. The van der Waals surface area contributed by atoms with E-state index in [1.165, 1.54) is 0 Å². The van der Waals surface area contributed by atoms with Crippen molar-refractivity contribution in [2.75, 3.05) is 11.9 Å². The molecule has 31 heavy (non-hydrogen) atoms. The highest BCUT2D eigenvalue weighted by Gasteiger charge is 2.22. The molecule has 0 radical (unpaired) electrons. The summed E-state index contributed by atoms with van der Waals surface area (Å²) in [6.45, 7) is 7.96. The van der Waals surface area contributed by atoms with E-state index in [-0.39, 0.29) is 30.4 Å². The van der Waals surface area contributed by atoms with Crippen molar-refractivity contribution in [3.8, 4) is 0 Å². The number of hydrogen-bond acceptors (Lipinski definition) is 3. The zero-order chi connectivity index (χ0) is 23.1. The molecule has 168 valence electrons. The van der Waals surface area contributed by atoms with Crippen molar-refractivity contribution in [2.24, 2.45) is 5.92 Å². The second kappa shape index (κ2) is 11.4. The van der Waals surface area contributed by atoms with Gasteiger partial charge in [-0.05, 0) is 49.2 Å². The Hall–Kier alpha value is -2.28. The minimum absolute atomic E-state index is 0.00881. The molecule has 3 amide bonds. The van der Waals surface area contributed by atoms with E-state index < -0.39 is 6.10 Å². The first-order valence-corrected chi connectivity index (χ1v) is 10.9. The quantitative estimate of drug-likeness (QED) is 0.498. The number of halogens is 2. The summed E-state index contributed by atoms with van der Waals surface area (Å²) < 4.78 is 0. The van der Waals surface area contributed by atoms with Crippen molar-refractivity contribution in [2.45, 2.75) is 46.4 Å². The Labute approximate surface area is 193 Å². The zero-order valence-corrected chi connectivity index (χ0v) is 19.7. The van der Waals surface area contributed by atoms with Crippen LogP contribution < -0.4 is 10.6 Å². The van der Waals surface area contributed by atoms with E-state index in [1.807, 2.05) is 39.8 Å². The Balaban J connectivity index is 2.00. The molecule has 0 fully saturated rings. The first-order valence-electron chi connectivity index (χ1n) is 10.2. The van der Waals surface area contributed by atoms with Crippen LogP contribution in [0.3, 0.4) is 0 Å². The summed E-state index contributed by atoms with van der Waals surface area (Å²) in [5.74, 6) is -0.0784. The average molecular weight is 466 g/mol. The summed E-state index contributed by atoms with van der Waals surface area (Å²) >= 11 is 12.0. The molecule has 0 spiro atoms. The van der Waals surface area contributed by atoms with Gasteiger partial charge in [-0.2, -0.15) is 0 Å². The van der Waals surface area contributed by atoms with Gasteiger partial charge in [-0.15, -0.1) is 0 Å². The first-order chi connectivity index (χ1) is 14.6. The van der Waals surface area contributed by atoms with Crippen LogP contribution in [0, 0.1) is 5.92 Å². The van der Waals surface area contributed by atoms with Crippen LogP contribution in [0.4, 0.5) is 10.5 Å². The van der Waals surface area contributed by atoms with Crippen LogP contribution >= 0.6 is 23.2 Å². The maximum Gasteiger partial charge on any atom is 0.322 e. The van der Waals surface area contributed by atoms with E-state index >= 15 is 0 Å². The number of benzene rings is 2. The maximum absolute atomic E-state index is 12.8. The molecule has 2 rings (SSSR count). The van der Waals surface area contributed by atoms with E-state index in [2.05, 4.69) is 10.6 Å². The topological polar surface area (TPSA) is 81.7 Å². The summed E-state index contributed by atoms with van der Waals surface area (Å²) in [6.07, 6.45) is -0.908. The smallest absolute Gasteiger partial charge is 0.322 e.